The first kappa shape index (κ1) is 21.6. The van der Waals surface area contributed by atoms with Gasteiger partial charge < -0.3 is 18.9 Å². The van der Waals surface area contributed by atoms with E-state index in [4.69, 9.17) is 18.9 Å². The Morgan fingerprint density at radius 2 is 1.66 bits per heavy atom. The number of allylic oxidation sites excluding steroid dienone is 1. The van der Waals surface area contributed by atoms with Crippen molar-refractivity contribution < 1.29 is 28.5 Å². The van der Waals surface area contributed by atoms with Crippen LogP contribution in [0.25, 0.3) is 6.08 Å². The predicted octanol–water partition coefficient (Wildman–Crippen LogP) is 5.61. The van der Waals surface area contributed by atoms with Crippen LogP contribution >= 0.6 is 15.9 Å². The molecule has 0 unspecified atom stereocenters. The third-order valence-corrected chi connectivity index (χ3v) is 5.66. The standard InChI is InChI=1S/C25H19BrO6/c1-14-8-19(31-25(28)16-9-17(29-2)12-18(10-16)30-3)13-21-23(14)24(27)22(32-21)11-15-6-4-5-7-20(15)26/h4-13H,1-3H3/b22-11-. The Morgan fingerprint density at radius 3 is 2.31 bits per heavy atom. The summed E-state index contributed by atoms with van der Waals surface area (Å²) in [5, 5.41) is 0. The molecule has 3 aromatic rings. The molecule has 0 saturated carbocycles. The SMILES string of the molecule is COc1cc(OC)cc(C(=O)Oc2cc(C)c3c(c2)O/C(=C\c2ccccc2Br)C3=O)c1. The number of ketones is 1. The van der Waals surface area contributed by atoms with Gasteiger partial charge in [0.2, 0.25) is 5.78 Å². The average Bonchev–Trinajstić information content (AvgIpc) is 3.10. The third-order valence-electron chi connectivity index (χ3n) is 4.93. The van der Waals surface area contributed by atoms with E-state index in [0.717, 1.165) is 10.0 Å². The summed E-state index contributed by atoms with van der Waals surface area (Å²) in [6, 6.07) is 15.5. The molecule has 0 fully saturated rings. The van der Waals surface area contributed by atoms with Crippen LogP contribution in [0.15, 0.2) is 64.8 Å². The van der Waals surface area contributed by atoms with Gasteiger partial charge in [-0.05, 0) is 48.4 Å². The molecule has 0 N–H and O–H groups in total. The largest absolute Gasteiger partial charge is 0.497 e. The number of methoxy groups -OCH3 is 2. The maximum Gasteiger partial charge on any atom is 0.343 e. The molecule has 1 aliphatic heterocycles. The molecular formula is C25H19BrO6. The molecule has 4 rings (SSSR count). The number of halogens is 1. The van der Waals surface area contributed by atoms with E-state index in [0.29, 0.717) is 28.4 Å². The Balaban J connectivity index is 1.62. The Labute approximate surface area is 193 Å². The molecule has 1 aliphatic rings. The van der Waals surface area contributed by atoms with Crippen LogP contribution in [0.1, 0.15) is 31.8 Å². The van der Waals surface area contributed by atoms with E-state index in [1.165, 1.54) is 20.3 Å². The van der Waals surface area contributed by atoms with Crippen molar-refractivity contribution >= 4 is 33.8 Å². The number of Topliss-reactive ketones (excluding diaryl/α,β-unsaturated/α-hetero) is 1. The van der Waals surface area contributed by atoms with Gasteiger partial charge in [-0.3, -0.25) is 4.79 Å². The summed E-state index contributed by atoms with van der Waals surface area (Å²) < 4.78 is 22.6. The van der Waals surface area contributed by atoms with Crippen LogP contribution < -0.4 is 18.9 Å². The summed E-state index contributed by atoms with van der Waals surface area (Å²) in [7, 11) is 3.00. The minimum absolute atomic E-state index is 0.205. The van der Waals surface area contributed by atoms with Crippen molar-refractivity contribution in [1.29, 1.82) is 0 Å². The van der Waals surface area contributed by atoms with Gasteiger partial charge in [-0.15, -0.1) is 0 Å². The van der Waals surface area contributed by atoms with Gasteiger partial charge in [-0.25, -0.2) is 4.79 Å². The first-order valence-corrected chi connectivity index (χ1v) is 10.5. The molecule has 6 nitrogen and oxygen atoms in total. The molecule has 32 heavy (non-hydrogen) atoms. The maximum absolute atomic E-state index is 12.9. The smallest absolute Gasteiger partial charge is 0.343 e. The summed E-state index contributed by atoms with van der Waals surface area (Å²) in [6.07, 6.45) is 1.68. The molecule has 0 spiro atoms. The summed E-state index contributed by atoms with van der Waals surface area (Å²) in [6.45, 7) is 1.77. The van der Waals surface area contributed by atoms with Gasteiger partial charge in [0.05, 0.1) is 25.3 Å². The lowest BCUT2D eigenvalue weighted by atomic mass is 10.0. The lowest BCUT2D eigenvalue weighted by molar-refractivity contribution is 0.0733. The van der Waals surface area contributed by atoms with E-state index in [-0.39, 0.29) is 22.9 Å². The molecule has 0 radical (unpaired) electrons. The van der Waals surface area contributed by atoms with Gasteiger partial charge in [0.1, 0.15) is 23.0 Å². The summed E-state index contributed by atoms with van der Waals surface area (Å²) in [5.41, 5.74) is 2.19. The highest BCUT2D eigenvalue weighted by Gasteiger charge is 2.30. The van der Waals surface area contributed by atoms with Gasteiger partial charge in [0, 0.05) is 16.6 Å². The highest BCUT2D eigenvalue weighted by atomic mass is 79.9. The molecule has 3 aromatic carbocycles. The zero-order valence-electron chi connectivity index (χ0n) is 17.6. The number of carbonyl (C=O) groups is 2. The minimum Gasteiger partial charge on any atom is -0.497 e. The molecule has 0 aromatic heterocycles. The molecule has 162 valence electrons. The monoisotopic (exact) mass is 494 g/mol. The average molecular weight is 495 g/mol. The summed E-state index contributed by atoms with van der Waals surface area (Å²) >= 11 is 3.47. The van der Waals surface area contributed by atoms with E-state index >= 15 is 0 Å². The zero-order chi connectivity index (χ0) is 22.8. The number of benzene rings is 3. The number of rotatable bonds is 5. The van der Waals surface area contributed by atoms with Crippen molar-refractivity contribution in [3.63, 3.8) is 0 Å². The summed E-state index contributed by atoms with van der Waals surface area (Å²) in [5.74, 6) is 0.950. The number of carbonyl (C=O) groups excluding carboxylic acids is 2. The van der Waals surface area contributed by atoms with Crippen LogP contribution in [0, 0.1) is 6.92 Å². The second kappa shape index (κ2) is 8.88. The van der Waals surface area contributed by atoms with E-state index in [1.807, 2.05) is 24.3 Å². The molecule has 0 aliphatic carbocycles. The molecular weight excluding hydrogens is 476 g/mol. The lowest BCUT2D eigenvalue weighted by Crippen LogP contribution is -2.09. The van der Waals surface area contributed by atoms with Gasteiger partial charge in [0.15, 0.2) is 5.76 Å². The van der Waals surface area contributed by atoms with Crippen molar-refractivity contribution in [3.05, 3.63) is 87.1 Å². The van der Waals surface area contributed by atoms with Crippen LogP contribution in [-0.4, -0.2) is 26.0 Å². The van der Waals surface area contributed by atoms with Crippen molar-refractivity contribution in [2.24, 2.45) is 0 Å². The fourth-order valence-electron chi connectivity index (χ4n) is 3.36. The molecule has 0 atom stereocenters. The Morgan fingerprint density at radius 1 is 0.969 bits per heavy atom. The van der Waals surface area contributed by atoms with Crippen molar-refractivity contribution in [1.82, 2.24) is 0 Å². The van der Waals surface area contributed by atoms with Crippen molar-refractivity contribution in [2.45, 2.75) is 6.92 Å². The van der Waals surface area contributed by atoms with Gasteiger partial charge in [0.25, 0.3) is 0 Å². The van der Waals surface area contributed by atoms with Crippen LogP contribution in [0.2, 0.25) is 0 Å². The maximum atomic E-state index is 12.9. The molecule has 0 amide bonds. The van der Waals surface area contributed by atoms with Crippen LogP contribution in [0.3, 0.4) is 0 Å². The molecule has 0 bridgehead atoms. The van der Waals surface area contributed by atoms with Crippen LogP contribution in [0.4, 0.5) is 0 Å². The highest BCUT2D eigenvalue weighted by molar-refractivity contribution is 9.10. The molecule has 1 heterocycles. The molecule has 0 saturated heterocycles. The van der Waals surface area contributed by atoms with Crippen LogP contribution in [-0.2, 0) is 0 Å². The van der Waals surface area contributed by atoms with Crippen molar-refractivity contribution in [3.8, 4) is 23.0 Å². The number of ether oxygens (including phenoxy) is 4. The Hall–Kier alpha value is -3.58. The Kier molecular flexibility index (Phi) is 6.01. The second-order valence-electron chi connectivity index (χ2n) is 7.07. The van der Waals surface area contributed by atoms with Crippen molar-refractivity contribution in [2.75, 3.05) is 14.2 Å². The normalized spacial score (nSPS) is 13.5. The van der Waals surface area contributed by atoms with E-state index < -0.39 is 5.97 Å². The quantitative estimate of drug-likeness (QED) is 0.260. The molecule has 7 heteroatoms. The topological polar surface area (TPSA) is 71.1 Å². The van der Waals surface area contributed by atoms with E-state index in [1.54, 1.807) is 37.3 Å². The number of hydrogen-bond donors (Lipinski definition) is 0. The number of hydrogen-bond acceptors (Lipinski definition) is 6. The predicted molar refractivity (Wildman–Crippen MR) is 123 cm³/mol. The Bertz CT molecular complexity index is 1240. The number of fused-ring (bicyclic) bond motifs is 1. The number of esters is 1. The second-order valence-corrected chi connectivity index (χ2v) is 7.92. The fourth-order valence-corrected chi connectivity index (χ4v) is 3.76. The fraction of sp³-hybridized carbons (Fsp3) is 0.120. The van der Waals surface area contributed by atoms with Gasteiger partial charge in [-0.2, -0.15) is 0 Å². The lowest BCUT2D eigenvalue weighted by Gasteiger charge is -2.10. The summed E-state index contributed by atoms with van der Waals surface area (Å²) in [4.78, 5) is 25.6. The zero-order valence-corrected chi connectivity index (χ0v) is 19.2. The first-order valence-electron chi connectivity index (χ1n) is 9.68. The van der Waals surface area contributed by atoms with Gasteiger partial charge in [-0.1, -0.05) is 34.1 Å². The highest BCUT2D eigenvalue weighted by Crippen LogP contribution is 2.38. The minimum atomic E-state index is -0.588. The first-order chi connectivity index (χ1) is 15.4. The third kappa shape index (κ3) is 4.24. The van der Waals surface area contributed by atoms with E-state index in [2.05, 4.69) is 15.9 Å². The van der Waals surface area contributed by atoms with E-state index in [9.17, 15) is 9.59 Å². The van der Waals surface area contributed by atoms with Gasteiger partial charge >= 0.3 is 5.97 Å². The van der Waals surface area contributed by atoms with Crippen LogP contribution in [0.5, 0.6) is 23.0 Å². The number of aryl methyl sites for hydroxylation is 1.